The number of fused-ring (bicyclic) bond motifs is 8. The van der Waals surface area contributed by atoms with Crippen molar-refractivity contribution in [1.82, 2.24) is 0 Å². The van der Waals surface area contributed by atoms with Crippen LogP contribution < -0.4 is 4.90 Å². The third kappa shape index (κ3) is 5.29. The van der Waals surface area contributed by atoms with Gasteiger partial charge in [0.25, 0.3) is 0 Å². The van der Waals surface area contributed by atoms with Crippen molar-refractivity contribution in [2.45, 2.75) is 50.4 Å². The van der Waals surface area contributed by atoms with E-state index in [1.54, 1.807) is 0 Å². The number of rotatable bonds is 6. The van der Waals surface area contributed by atoms with E-state index in [1.807, 2.05) is 0 Å². The monoisotopic (exact) mass is 731 g/mol. The molecule has 8 aromatic rings. The van der Waals surface area contributed by atoms with E-state index in [9.17, 15) is 0 Å². The molecule has 1 spiro atoms. The summed E-state index contributed by atoms with van der Waals surface area (Å²) in [6.07, 6.45) is 4.98. The molecule has 0 N–H and O–H groups in total. The normalized spacial score (nSPS) is 15.2. The molecule has 3 aliphatic carbocycles. The zero-order valence-electron chi connectivity index (χ0n) is 32.7. The Hall–Kier alpha value is -6.44. The molecule has 0 aromatic heterocycles. The van der Waals surface area contributed by atoms with Crippen LogP contribution in [-0.4, -0.2) is 0 Å². The summed E-state index contributed by atoms with van der Waals surface area (Å²) in [6, 6.07) is 70.3. The van der Waals surface area contributed by atoms with Crippen LogP contribution in [0.2, 0.25) is 0 Å². The second-order valence-electron chi connectivity index (χ2n) is 16.8. The van der Waals surface area contributed by atoms with Gasteiger partial charge >= 0.3 is 0 Å². The van der Waals surface area contributed by atoms with Gasteiger partial charge in [0.2, 0.25) is 0 Å². The molecule has 0 bridgehead atoms. The fourth-order valence-electron chi connectivity index (χ4n) is 10.7. The molecule has 57 heavy (non-hydrogen) atoms. The number of benzene rings is 8. The van der Waals surface area contributed by atoms with Gasteiger partial charge in [-0.3, -0.25) is 0 Å². The molecule has 3 aliphatic rings. The second-order valence-corrected chi connectivity index (χ2v) is 16.8. The Morgan fingerprint density at radius 3 is 1.56 bits per heavy atom. The van der Waals surface area contributed by atoms with Crippen LogP contribution in [0.15, 0.2) is 188 Å². The summed E-state index contributed by atoms with van der Waals surface area (Å²) in [7, 11) is 0. The highest BCUT2D eigenvalue weighted by molar-refractivity contribution is 5.91. The largest absolute Gasteiger partial charge is 0.310 e. The quantitative estimate of drug-likeness (QED) is 0.165. The Balaban J connectivity index is 1.04. The standard InChI is InChI=1S/C56H45N/c1-55(2)51-22-8-6-19-48(51)50-21-13-20-46(54(50)55)42-16-12-17-44(36-42)57(43-30-28-41(29-31-43)40-26-24-39(25-27-40)38-14-4-3-5-15-38)45-32-33-49-47-18-7-9-23-52(47)56(53(49)37-45)34-10-11-35-56/h3-9,12-33,36-37H,10-11,34-35H2,1-2H3. The van der Waals surface area contributed by atoms with Gasteiger partial charge in [-0.05, 0) is 127 Å². The van der Waals surface area contributed by atoms with Crippen molar-refractivity contribution < 1.29 is 0 Å². The van der Waals surface area contributed by atoms with Crippen LogP contribution in [0.1, 0.15) is 61.8 Å². The maximum Gasteiger partial charge on any atom is 0.0467 e. The van der Waals surface area contributed by atoms with Gasteiger partial charge in [0.05, 0.1) is 0 Å². The van der Waals surface area contributed by atoms with Crippen LogP contribution in [0.3, 0.4) is 0 Å². The molecule has 11 rings (SSSR count). The predicted molar refractivity (Wildman–Crippen MR) is 240 cm³/mol. The zero-order chi connectivity index (χ0) is 38.1. The summed E-state index contributed by atoms with van der Waals surface area (Å²) >= 11 is 0. The van der Waals surface area contributed by atoms with Crippen LogP contribution in [0.4, 0.5) is 17.1 Å². The first-order valence-corrected chi connectivity index (χ1v) is 20.6. The van der Waals surface area contributed by atoms with Crippen molar-refractivity contribution in [1.29, 1.82) is 0 Å². The number of hydrogen-bond acceptors (Lipinski definition) is 1. The molecule has 1 saturated carbocycles. The third-order valence-electron chi connectivity index (χ3n) is 13.4. The molecule has 0 radical (unpaired) electrons. The first-order chi connectivity index (χ1) is 28.0. The molecule has 1 heteroatoms. The average molecular weight is 732 g/mol. The van der Waals surface area contributed by atoms with E-state index >= 15 is 0 Å². The number of nitrogens with zero attached hydrogens (tertiary/aromatic N) is 1. The zero-order valence-corrected chi connectivity index (χ0v) is 32.7. The first-order valence-electron chi connectivity index (χ1n) is 20.6. The molecule has 0 unspecified atom stereocenters. The predicted octanol–water partition coefficient (Wildman–Crippen LogP) is 15.3. The molecule has 1 nitrogen and oxygen atoms in total. The molecule has 0 amide bonds. The van der Waals surface area contributed by atoms with Gasteiger partial charge < -0.3 is 4.90 Å². The molecule has 0 aliphatic heterocycles. The minimum atomic E-state index is -0.0993. The van der Waals surface area contributed by atoms with E-state index in [0.29, 0.717) is 0 Å². The van der Waals surface area contributed by atoms with Gasteiger partial charge in [-0.15, -0.1) is 0 Å². The second kappa shape index (κ2) is 13.1. The van der Waals surface area contributed by atoms with Crippen LogP contribution in [0.25, 0.3) is 55.6 Å². The van der Waals surface area contributed by atoms with Crippen LogP contribution in [-0.2, 0) is 10.8 Å². The highest BCUT2D eigenvalue weighted by atomic mass is 15.1. The number of anilines is 3. The Morgan fingerprint density at radius 2 is 0.842 bits per heavy atom. The Kier molecular flexibility index (Phi) is 7.76. The smallest absolute Gasteiger partial charge is 0.0467 e. The molecule has 0 heterocycles. The molecule has 8 aromatic carbocycles. The van der Waals surface area contributed by atoms with E-state index in [0.717, 1.165) is 11.4 Å². The lowest BCUT2D eigenvalue weighted by Gasteiger charge is -2.30. The third-order valence-corrected chi connectivity index (χ3v) is 13.4. The molecule has 1 fully saturated rings. The van der Waals surface area contributed by atoms with E-state index in [-0.39, 0.29) is 10.8 Å². The lowest BCUT2D eigenvalue weighted by molar-refractivity contribution is 0.550. The summed E-state index contributed by atoms with van der Waals surface area (Å²) < 4.78 is 0. The molecule has 0 saturated heterocycles. The summed E-state index contributed by atoms with van der Waals surface area (Å²) in [6.45, 7) is 4.77. The first kappa shape index (κ1) is 33.9. The van der Waals surface area contributed by atoms with Gasteiger partial charge in [-0.1, -0.05) is 178 Å². The SMILES string of the molecule is CC1(C)c2ccccc2-c2cccc(-c3cccc(N(c4ccc(-c5ccc(-c6ccccc6)cc5)cc4)c4ccc5c(c4)C4(CCCC4)c4ccccc4-5)c3)c21. The molecule has 0 atom stereocenters. The topological polar surface area (TPSA) is 3.24 Å². The van der Waals surface area contributed by atoms with E-state index < -0.39 is 0 Å². The fraction of sp³-hybridized carbons (Fsp3) is 0.143. The summed E-state index contributed by atoms with van der Waals surface area (Å²) in [5, 5.41) is 0. The molecular formula is C56H45N. The fourth-order valence-corrected chi connectivity index (χ4v) is 10.7. The Bertz CT molecular complexity index is 2800. The summed E-state index contributed by atoms with van der Waals surface area (Å²) in [5.74, 6) is 0. The summed E-state index contributed by atoms with van der Waals surface area (Å²) in [5.41, 5.74) is 22.3. The maximum absolute atomic E-state index is 2.53. The van der Waals surface area contributed by atoms with E-state index in [1.165, 1.54) is 109 Å². The molecular weight excluding hydrogens is 687 g/mol. The minimum absolute atomic E-state index is 0.0937. The van der Waals surface area contributed by atoms with Crippen molar-refractivity contribution in [3.63, 3.8) is 0 Å². The maximum atomic E-state index is 2.53. The van der Waals surface area contributed by atoms with Gasteiger partial charge in [-0.2, -0.15) is 0 Å². The van der Waals surface area contributed by atoms with Gasteiger partial charge in [-0.25, -0.2) is 0 Å². The van der Waals surface area contributed by atoms with Gasteiger partial charge in [0, 0.05) is 27.9 Å². The van der Waals surface area contributed by atoms with E-state index in [4.69, 9.17) is 0 Å². The van der Waals surface area contributed by atoms with Crippen molar-refractivity contribution in [2.75, 3.05) is 4.90 Å². The lowest BCUT2D eigenvalue weighted by Crippen LogP contribution is -2.21. The van der Waals surface area contributed by atoms with Crippen LogP contribution in [0, 0.1) is 0 Å². The number of hydrogen-bond donors (Lipinski definition) is 0. The average Bonchev–Trinajstić information content (AvgIpc) is 3.94. The molecule has 274 valence electrons. The summed E-state index contributed by atoms with van der Waals surface area (Å²) in [4.78, 5) is 2.49. The minimum Gasteiger partial charge on any atom is -0.310 e. The van der Waals surface area contributed by atoms with Crippen molar-refractivity contribution in [3.8, 4) is 55.6 Å². The van der Waals surface area contributed by atoms with Crippen molar-refractivity contribution in [3.05, 3.63) is 210 Å². The Morgan fingerprint density at radius 1 is 0.351 bits per heavy atom. The Labute approximate surface area is 336 Å². The van der Waals surface area contributed by atoms with Gasteiger partial charge in [0.1, 0.15) is 0 Å². The van der Waals surface area contributed by atoms with E-state index in [2.05, 4.69) is 207 Å². The lowest BCUT2D eigenvalue weighted by atomic mass is 9.76. The highest BCUT2D eigenvalue weighted by Crippen LogP contribution is 2.58. The van der Waals surface area contributed by atoms with Crippen molar-refractivity contribution in [2.24, 2.45) is 0 Å². The van der Waals surface area contributed by atoms with Crippen LogP contribution in [0.5, 0.6) is 0 Å². The van der Waals surface area contributed by atoms with Gasteiger partial charge in [0.15, 0.2) is 0 Å². The van der Waals surface area contributed by atoms with Crippen molar-refractivity contribution >= 4 is 17.1 Å². The van der Waals surface area contributed by atoms with Crippen LogP contribution >= 0.6 is 0 Å². The highest BCUT2D eigenvalue weighted by Gasteiger charge is 2.45.